The number of amides is 2. The van der Waals surface area contributed by atoms with Crippen LogP contribution >= 0.6 is 0 Å². The Balaban J connectivity index is 1.40. The number of pyridine rings is 1. The minimum atomic E-state index is -0.209. The van der Waals surface area contributed by atoms with Crippen LogP contribution < -0.4 is 10.6 Å². The number of nitrogens with one attached hydrogen (secondary N) is 2. The lowest BCUT2D eigenvalue weighted by molar-refractivity contribution is -0.120. The Morgan fingerprint density at radius 1 is 1.03 bits per heavy atom. The first kappa shape index (κ1) is 19.8. The van der Waals surface area contributed by atoms with Crippen LogP contribution in [-0.4, -0.2) is 26.6 Å². The van der Waals surface area contributed by atoms with Crippen molar-refractivity contribution >= 4 is 17.5 Å². The summed E-state index contributed by atoms with van der Waals surface area (Å²) in [5.41, 5.74) is 2.01. The Morgan fingerprint density at radius 2 is 1.90 bits per heavy atom. The molecule has 0 unspecified atom stereocenters. The molecule has 2 aromatic heterocycles. The molecule has 1 aromatic carbocycles. The summed E-state index contributed by atoms with van der Waals surface area (Å²) in [6.07, 6.45) is 10.5. The number of carbonyl (C=O) groups excluding carboxylic acids is 2. The summed E-state index contributed by atoms with van der Waals surface area (Å²) in [4.78, 5) is 29.5. The van der Waals surface area contributed by atoms with Crippen molar-refractivity contribution < 1.29 is 9.59 Å². The minimum Gasteiger partial charge on any atom is -0.348 e. The van der Waals surface area contributed by atoms with E-state index in [4.69, 9.17) is 0 Å². The van der Waals surface area contributed by atoms with Crippen molar-refractivity contribution in [3.05, 3.63) is 72.2 Å². The van der Waals surface area contributed by atoms with E-state index in [1.54, 1.807) is 35.3 Å². The summed E-state index contributed by atoms with van der Waals surface area (Å²) in [6.45, 7) is 0.320. The molecule has 0 atom stereocenters. The largest absolute Gasteiger partial charge is 0.348 e. The number of hydrogen-bond acceptors (Lipinski definition) is 4. The van der Waals surface area contributed by atoms with Crippen LogP contribution in [0.15, 0.2) is 61.1 Å². The zero-order chi connectivity index (χ0) is 20.8. The quantitative estimate of drug-likeness (QED) is 0.657. The third-order valence-corrected chi connectivity index (χ3v) is 5.40. The normalized spacial score (nSPS) is 14.3. The summed E-state index contributed by atoms with van der Waals surface area (Å²) >= 11 is 0. The van der Waals surface area contributed by atoms with E-state index < -0.39 is 0 Å². The number of nitrogens with zero attached hydrogens (tertiary/aromatic N) is 3. The second-order valence-corrected chi connectivity index (χ2v) is 7.52. The fourth-order valence-corrected chi connectivity index (χ4v) is 3.79. The van der Waals surface area contributed by atoms with Gasteiger partial charge in [-0.1, -0.05) is 31.4 Å². The van der Waals surface area contributed by atoms with Gasteiger partial charge in [-0.2, -0.15) is 5.10 Å². The van der Waals surface area contributed by atoms with E-state index in [2.05, 4.69) is 20.7 Å². The molecule has 7 heteroatoms. The predicted molar refractivity (Wildman–Crippen MR) is 114 cm³/mol. The molecule has 1 aliphatic rings. The van der Waals surface area contributed by atoms with E-state index in [1.807, 2.05) is 30.5 Å². The predicted octanol–water partition coefficient (Wildman–Crippen LogP) is 3.72. The maximum Gasteiger partial charge on any atom is 0.251 e. The molecule has 4 rings (SSSR count). The molecule has 0 saturated heterocycles. The number of hydrogen-bond donors (Lipinski definition) is 2. The van der Waals surface area contributed by atoms with Crippen LogP contribution in [0.4, 0.5) is 5.69 Å². The van der Waals surface area contributed by atoms with Crippen LogP contribution in [0, 0.1) is 5.92 Å². The van der Waals surface area contributed by atoms with Crippen molar-refractivity contribution in [3.8, 4) is 5.82 Å². The van der Waals surface area contributed by atoms with Crippen LogP contribution in [0.25, 0.3) is 5.82 Å². The molecule has 2 heterocycles. The Kier molecular flexibility index (Phi) is 6.17. The molecule has 1 fully saturated rings. The van der Waals surface area contributed by atoms with Gasteiger partial charge in [-0.3, -0.25) is 9.59 Å². The van der Waals surface area contributed by atoms with Crippen LogP contribution in [-0.2, 0) is 11.3 Å². The molecule has 0 spiro atoms. The number of rotatable bonds is 6. The smallest absolute Gasteiger partial charge is 0.251 e. The summed E-state index contributed by atoms with van der Waals surface area (Å²) in [7, 11) is 0. The fraction of sp³-hybridized carbons (Fsp3) is 0.304. The number of carbonyl (C=O) groups is 2. The van der Waals surface area contributed by atoms with Crippen LogP contribution in [0.3, 0.4) is 0 Å². The average Bonchev–Trinajstić information content (AvgIpc) is 3.33. The second-order valence-electron chi connectivity index (χ2n) is 7.52. The molecule has 0 bridgehead atoms. The minimum absolute atomic E-state index is 0.0477. The summed E-state index contributed by atoms with van der Waals surface area (Å²) in [5, 5.41) is 10.1. The van der Waals surface area contributed by atoms with Gasteiger partial charge in [0.1, 0.15) is 0 Å². The standard InChI is InChI=1S/C23H25N5O2/c29-22(25-16-19-10-5-12-24-21(19)28-14-6-13-26-28)18-9-4-11-20(15-18)27-23(30)17-7-2-1-3-8-17/h4-6,9-15,17H,1-3,7-8,16H2,(H,25,29)(H,27,30). The highest BCUT2D eigenvalue weighted by Crippen LogP contribution is 2.25. The molecule has 0 aliphatic heterocycles. The van der Waals surface area contributed by atoms with Gasteiger partial charge in [-0.05, 0) is 43.2 Å². The van der Waals surface area contributed by atoms with Gasteiger partial charge in [0.05, 0.1) is 0 Å². The summed E-state index contributed by atoms with van der Waals surface area (Å²) < 4.78 is 1.67. The lowest BCUT2D eigenvalue weighted by Crippen LogP contribution is -2.26. The van der Waals surface area contributed by atoms with E-state index in [9.17, 15) is 9.59 Å². The third kappa shape index (κ3) is 4.74. The van der Waals surface area contributed by atoms with E-state index >= 15 is 0 Å². The van der Waals surface area contributed by atoms with E-state index in [-0.39, 0.29) is 17.7 Å². The Labute approximate surface area is 175 Å². The molecule has 2 N–H and O–H groups in total. The maximum absolute atomic E-state index is 12.7. The first-order valence-corrected chi connectivity index (χ1v) is 10.3. The molecule has 1 aliphatic carbocycles. The van der Waals surface area contributed by atoms with Crippen molar-refractivity contribution in [2.24, 2.45) is 5.92 Å². The maximum atomic E-state index is 12.7. The van der Waals surface area contributed by atoms with Crippen LogP contribution in [0.1, 0.15) is 48.0 Å². The summed E-state index contributed by atoms with van der Waals surface area (Å²) in [5.74, 6) is 0.587. The number of anilines is 1. The van der Waals surface area contributed by atoms with Gasteiger partial charge in [0.25, 0.3) is 5.91 Å². The second kappa shape index (κ2) is 9.35. The zero-order valence-electron chi connectivity index (χ0n) is 16.8. The first-order valence-electron chi connectivity index (χ1n) is 10.3. The number of benzene rings is 1. The van der Waals surface area contributed by atoms with E-state index in [0.29, 0.717) is 23.6 Å². The monoisotopic (exact) mass is 403 g/mol. The molecule has 7 nitrogen and oxygen atoms in total. The van der Waals surface area contributed by atoms with Gasteiger partial charge in [0.2, 0.25) is 5.91 Å². The van der Waals surface area contributed by atoms with Gasteiger partial charge in [-0.25, -0.2) is 9.67 Å². The van der Waals surface area contributed by atoms with Crippen LogP contribution in [0.5, 0.6) is 0 Å². The highest BCUT2D eigenvalue weighted by atomic mass is 16.2. The molecule has 2 amide bonds. The lowest BCUT2D eigenvalue weighted by atomic mass is 9.88. The SMILES string of the molecule is O=C(NCc1cccnc1-n1cccn1)c1cccc(NC(=O)C2CCCCC2)c1. The lowest BCUT2D eigenvalue weighted by Gasteiger charge is -2.20. The van der Waals surface area contributed by atoms with Gasteiger partial charge in [-0.15, -0.1) is 0 Å². The van der Waals surface area contributed by atoms with Crippen molar-refractivity contribution in [1.29, 1.82) is 0 Å². The molecular formula is C23H25N5O2. The Morgan fingerprint density at radius 3 is 2.70 bits per heavy atom. The first-order chi connectivity index (χ1) is 14.7. The molecular weight excluding hydrogens is 378 g/mol. The summed E-state index contributed by atoms with van der Waals surface area (Å²) in [6, 6.07) is 12.6. The Hall–Kier alpha value is -3.48. The Bertz CT molecular complexity index is 1010. The van der Waals surface area contributed by atoms with Crippen molar-refractivity contribution in [1.82, 2.24) is 20.1 Å². The molecule has 30 heavy (non-hydrogen) atoms. The zero-order valence-corrected chi connectivity index (χ0v) is 16.8. The van der Waals surface area contributed by atoms with Gasteiger partial charge in [0.15, 0.2) is 5.82 Å². The third-order valence-electron chi connectivity index (χ3n) is 5.40. The van der Waals surface area contributed by atoms with Gasteiger partial charge >= 0.3 is 0 Å². The van der Waals surface area contributed by atoms with Crippen LogP contribution in [0.2, 0.25) is 0 Å². The van der Waals surface area contributed by atoms with E-state index in [0.717, 1.165) is 31.2 Å². The van der Waals surface area contributed by atoms with Crippen molar-refractivity contribution in [2.45, 2.75) is 38.6 Å². The molecule has 1 saturated carbocycles. The van der Waals surface area contributed by atoms with Gasteiger partial charge in [0, 0.05) is 47.9 Å². The molecule has 0 radical (unpaired) electrons. The molecule has 3 aromatic rings. The highest BCUT2D eigenvalue weighted by Gasteiger charge is 2.21. The van der Waals surface area contributed by atoms with Gasteiger partial charge < -0.3 is 10.6 Å². The highest BCUT2D eigenvalue weighted by molar-refractivity contribution is 5.97. The van der Waals surface area contributed by atoms with E-state index in [1.165, 1.54) is 6.42 Å². The topological polar surface area (TPSA) is 88.9 Å². The number of aromatic nitrogens is 3. The van der Waals surface area contributed by atoms with Crippen molar-refractivity contribution in [3.63, 3.8) is 0 Å². The fourth-order valence-electron chi connectivity index (χ4n) is 3.79. The van der Waals surface area contributed by atoms with Crippen molar-refractivity contribution in [2.75, 3.05) is 5.32 Å². The average molecular weight is 403 g/mol. The molecule has 154 valence electrons.